The second-order valence-electron chi connectivity index (χ2n) is 4.88. The lowest BCUT2D eigenvalue weighted by atomic mass is 9.78. The molecule has 2 aromatic heterocycles. The van der Waals surface area contributed by atoms with E-state index in [-0.39, 0.29) is 17.9 Å². The van der Waals surface area contributed by atoms with Gasteiger partial charge in [-0.25, -0.2) is 9.97 Å². The highest BCUT2D eigenvalue weighted by molar-refractivity contribution is 5.85. The van der Waals surface area contributed by atoms with Gasteiger partial charge in [-0.05, 0) is 25.3 Å². The smallest absolute Gasteiger partial charge is 0.233 e. The number of aromatic nitrogens is 3. The molecule has 1 aliphatic rings. The summed E-state index contributed by atoms with van der Waals surface area (Å²) in [5.74, 6) is 0.746. The van der Waals surface area contributed by atoms with Crippen LogP contribution in [0.25, 0.3) is 5.78 Å². The molecular weight excluding hydrogens is 250 g/mol. The van der Waals surface area contributed by atoms with Crippen LogP contribution in [0.5, 0.6) is 0 Å². The van der Waals surface area contributed by atoms with Gasteiger partial charge in [-0.1, -0.05) is 0 Å². The zero-order valence-electron chi connectivity index (χ0n) is 10.2. The van der Waals surface area contributed by atoms with Gasteiger partial charge in [-0.3, -0.25) is 4.40 Å². The van der Waals surface area contributed by atoms with E-state index < -0.39 is 0 Å². The molecule has 0 amide bonds. The van der Waals surface area contributed by atoms with Crippen LogP contribution in [0.15, 0.2) is 24.7 Å². The van der Waals surface area contributed by atoms with E-state index in [4.69, 9.17) is 5.73 Å². The van der Waals surface area contributed by atoms with E-state index in [1.165, 1.54) is 6.42 Å². The number of nitrogens with zero attached hydrogens (tertiary/aromatic N) is 3. The van der Waals surface area contributed by atoms with Crippen molar-refractivity contribution in [2.24, 2.45) is 5.73 Å². The van der Waals surface area contributed by atoms with Crippen molar-refractivity contribution in [2.75, 3.05) is 6.54 Å². The fraction of sp³-hybridized carbons (Fsp3) is 0.500. The molecule has 3 N–H and O–H groups in total. The van der Waals surface area contributed by atoms with Crippen molar-refractivity contribution in [1.29, 1.82) is 0 Å². The number of nitrogens with two attached hydrogens (primary N) is 1. The second-order valence-corrected chi connectivity index (χ2v) is 4.88. The summed E-state index contributed by atoms with van der Waals surface area (Å²) < 4.78 is 1.93. The van der Waals surface area contributed by atoms with Crippen LogP contribution in [-0.4, -0.2) is 26.5 Å². The number of imidazole rings is 1. The van der Waals surface area contributed by atoms with Gasteiger partial charge in [0.15, 0.2) is 0 Å². The number of hydrogen-bond acceptors (Lipinski definition) is 4. The molecule has 0 atom stereocenters. The Kier molecular flexibility index (Phi) is 3.85. The molecular formula is C12H18ClN5. The Morgan fingerprint density at radius 2 is 2.28 bits per heavy atom. The van der Waals surface area contributed by atoms with Crippen molar-refractivity contribution >= 4 is 18.2 Å². The van der Waals surface area contributed by atoms with Crippen LogP contribution in [0.2, 0.25) is 0 Å². The van der Waals surface area contributed by atoms with Crippen LogP contribution in [-0.2, 0) is 6.54 Å². The number of rotatable bonds is 4. The zero-order chi connectivity index (χ0) is 11.7. The summed E-state index contributed by atoms with van der Waals surface area (Å²) in [6.07, 6.45) is 9.23. The van der Waals surface area contributed by atoms with Crippen LogP contribution in [0.4, 0.5) is 0 Å². The second kappa shape index (κ2) is 5.22. The number of fused-ring (bicyclic) bond motifs is 1. The van der Waals surface area contributed by atoms with Gasteiger partial charge in [0, 0.05) is 37.2 Å². The van der Waals surface area contributed by atoms with E-state index in [0.29, 0.717) is 0 Å². The van der Waals surface area contributed by atoms with E-state index in [1.807, 2.05) is 22.9 Å². The topological polar surface area (TPSA) is 68.2 Å². The van der Waals surface area contributed by atoms with Gasteiger partial charge in [-0.2, -0.15) is 0 Å². The van der Waals surface area contributed by atoms with Gasteiger partial charge in [-0.15, -0.1) is 12.4 Å². The molecule has 0 saturated heterocycles. The normalized spacial score (nSPS) is 17.2. The molecule has 1 saturated carbocycles. The third-order valence-corrected chi connectivity index (χ3v) is 3.42. The first-order valence-electron chi connectivity index (χ1n) is 6.03. The minimum atomic E-state index is 0. The maximum atomic E-state index is 6.14. The van der Waals surface area contributed by atoms with Crippen LogP contribution in [0, 0.1) is 0 Å². The van der Waals surface area contributed by atoms with Gasteiger partial charge < -0.3 is 11.1 Å². The molecule has 0 unspecified atom stereocenters. The summed E-state index contributed by atoms with van der Waals surface area (Å²) in [5, 5.41) is 3.38. The van der Waals surface area contributed by atoms with Crippen LogP contribution in [0.1, 0.15) is 25.0 Å². The minimum Gasteiger partial charge on any atom is -0.324 e. The van der Waals surface area contributed by atoms with Crippen molar-refractivity contribution < 1.29 is 0 Å². The van der Waals surface area contributed by atoms with Crippen LogP contribution in [0.3, 0.4) is 0 Å². The van der Waals surface area contributed by atoms with Gasteiger partial charge in [0.2, 0.25) is 5.78 Å². The lowest BCUT2D eigenvalue weighted by Crippen LogP contribution is -2.53. The first-order valence-corrected chi connectivity index (χ1v) is 6.03. The first-order chi connectivity index (χ1) is 8.25. The zero-order valence-corrected chi connectivity index (χ0v) is 11.0. The number of hydrogen-bond donors (Lipinski definition) is 2. The average molecular weight is 268 g/mol. The molecule has 18 heavy (non-hydrogen) atoms. The summed E-state index contributed by atoms with van der Waals surface area (Å²) in [7, 11) is 0. The molecule has 98 valence electrons. The third kappa shape index (κ3) is 2.63. The standard InChI is InChI=1S/C12H17N5.ClH/c13-12(3-1-4-12)9-14-7-10-8-17-6-2-5-15-11(17)16-10;/h2,5-6,8,14H,1,3-4,7,9,13H2;1H. The summed E-state index contributed by atoms with van der Waals surface area (Å²) in [5.41, 5.74) is 7.17. The van der Waals surface area contributed by atoms with Crippen molar-refractivity contribution in [3.05, 3.63) is 30.4 Å². The average Bonchev–Trinajstić information content (AvgIpc) is 2.69. The molecule has 0 bridgehead atoms. The highest BCUT2D eigenvalue weighted by atomic mass is 35.5. The highest BCUT2D eigenvalue weighted by Crippen LogP contribution is 2.28. The fourth-order valence-electron chi connectivity index (χ4n) is 2.21. The van der Waals surface area contributed by atoms with E-state index in [2.05, 4.69) is 15.3 Å². The SMILES string of the molecule is Cl.NC1(CNCc2cn3cccnc3n2)CCC1. The summed E-state index contributed by atoms with van der Waals surface area (Å²) in [4.78, 5) is 8.61. The number of halogens is 1. The van der Waals surface area contributed by atoms with Gasteiger partial charge in [0.05, 0.1) is 5.69 Å². The lowest BCUT2D eigenvalue weighted by molar-refractivity contribution is 0.238. The summed E-state index contributed by atoms with van der Waals surface area (Å²) in [6, 6.07) is 1.90. The first kappa shape index (κ1) is 13.3. The summed E-state index contributed by atoms with van der Waals surface area (Å²) in [6.45, 7) is 1.62. The maximum Gasteiger partial charge on any atom is 0.233 e. The van der Waals surface area contributed by atoms with Crippen LogP contribution >= 0.6 is 12.4 Å². The van der Waals surface area contributed by atoms with Gasteiger partial charge in [0.1, 0.15) is 0 Å². The maximum absolute atomic E-state index is 6.14. The van der Waals surface area contributed by atoms with Gasteiger partial charge >= 0.3 is 0 Å². The Bertz CT molecular complexity index is 487. The van der Waals surface area contributed by atoms with Crippen LogP contribution < -0.4 is 11.1 Å². The van der Waals surface area contributed by atoms with E-state index in [9.17, 15) is 0 Å². The Labute approximate surface area is 112 Å². The molecule has 1 aliphatic carbocycles. The molecule has 1 fully saturated rings. The number of nitrogens with one attached hydrogen (secondary N) is 1. The fourth-order valence-corrected chi connectivity index (χ4v) is 2.21. The quantitative estimate of drug-likeness (QED) is 0.871. The lowest BCUT2D eigenvalue weighted by Gasteiger charge is -2.38. The predicted molar refractivity (Wildman–Crippen MR) is 72.7 cm³/mol. The Morgan fingerprint density at radius 3 is 2.94 bits per heavy atom. The molecule has 0 radical (unpaired) electrons. The van der Waals surface area contributed by atoms with Crippen molar-refractivity contribution in [3.63, 3.8) is 0 Å². The molecule has 2 heterocycles. The Hall–Kier alpha value is -1.17. The van der Waals surface area contributed by atoms with E-state index >= 15 is 0 Å². The highest BCUT2D eigenvalue weighted by Gasteiger charge is 2.31. The molecule has 2 aromatic rings. The van der Waals surface area contributed by atoms with Crippen molar-refractivity contribution in [2.45, 2.75) is 31.3 Å². The van der Waals surface area contributed by atoms with Crippen molar-refractivity contribution in [1.82, 2.24) is 19.7 Å². The molecule has 6 heteroatoms. The third-order valence-electron chi connectivity index (χ3n) is 3.42. The Balaban J connectivity index is 0.00000120. The minimum absolute atomic E-state index is 0. The van der Waals surface area contributed by atoms with Crippen molar-refractivity contribution in [3.8, 4) is 0 Å². The van der Waals surface area contributed by atoms with E-state index in [1.54, 1.807) is 6.20 Å². The van der Waals surface area contributed by atoms with Gasteiger partial charge in [0.25, 0.3) is 0 Å². The monoisotopic (exact) mass is 267 g/mol. The molecule has 0 spiro atoms. The summed E-state index contributed by atoms with van der Waals surface area (Å²) >= 11 is 0. The molecule has 0 aromatic carbocycles. The molecule has 0 aliphatic heterocycles. The largest absolute Gasteiger partial charge is 0.324 e. The predicted octanol–water partition coefficient (Wildman–Crippen LogP) is 1.12. The van der Waals surface area contributed by atoms with E-state index in [0.717, 1.165) is 37.4 Å². The Morgan fingerprint density at radius 1 is 1.44 bits per heavy atom. The molecule has 3 rings (SSSR count). The molecule has 5 nitrogen and oxygen atoms in total.